The van der Waals surface area contributed by atoms with Crippen molar-refractivity contribution in [3.05, 3.63) is 11.6 Å². The molecule has 2 saturated carbocycles. The van der Waals surface area contributed by atoms with Gasteiger partial charge in [0.2, 0.25) is 11.7 Å². The van der Waals surface area contributed by atoms with Gasteiger partial charge in [-0.05, 0) is 75.0 Å². The van der Waals surface area contributed by atoms with Gasteiger partial charge in [-0.1, -0.05) is 6.92 Å². The minimum absolute atomic E-state index is 0.0913. The molecule has 1 atom stereocenters. The summed E-state index contributed by atoms with van der Waals surface area (Å²) in [5.41, 5.74) is 0.167. The molecule has 1 aromatic rings. The van der Waals surface area contributed by atoms with Gasteiger partial charge in [0, 0.05) is 38.5 Å². The number of carbonyl (C=O) groups is 2. The Labute approximate surface area is 179 Å². The molecule has 1 N–H and O–H groups in total. The van der Waals surface area contributed by atoms with E-state index >= 15 is 0 Å². The maximum atomic E-state index is 13.1. The van der Waals surface area contributed by atoms with E-state index in [0.717, 1.165) is 76.4 Å². The van der Waals surface area contributed by atoms with Crippen molar-refractivity contribution in [2.24, 2.45) is 23.2 Å². The lowest BCUT2D eigenvalue weighted by molar-refractivity contribution is -0.136. The van der Waals surface area contributed by atoms with Gasteiger partial charge in [-0.25, -0.2) is 0 Å². The van der Waals surface area contributed by atoms with Crippen molar-refractivity contribution in [1.82, 2.24) is 25.0 Å². The molecule has 7 nitrogen and oxygen atoms in total. The number of rotatable bonds is 4. The fourth-order valence-electron chi connectivity index (χ4n) is 5.71. The topological polar surface area (TPSA) is 80.1 Å². The van der Waals surface area contributed by atoms with Crippen LogP contribution in [0.3, 0.4) is 0 Å². The first-order chi connectivity index (χ1) is 14.5. The zero-order chi connectivity index (χ0) is 20.7. The fraction of sp³-hybridized carbons (Fsp3) is 0.826. The standard InChI is InChI=1S/C23H35N5O2/c1-16-2-6-18(7-3-16)22(30)27-12-10-23(15-27)9-8-19-25-26-20(28(19)13-11-23)21(29)24-14-17-4-5-17/h16-18H,2-15H2,1H3,(H,24,29). The van der Waals surface area contributed by atoms with Crippen LogP contribution in [0.2, 0.25) is 0 Å². The molecule has 164 valence electrons. The molecule has 30 heavy (non-hydrogen) atoms. The van der Waals surface area contributed by atoms with Gasteiger partial charge in [-0.3, -0.25) is 9.59 Å². The van der Waals surface area contributed by atoms with Crippen molar-refractivity contribution in [3.63, 3.8) is 0 Å². The zero-order valence-corrected chi connectivity index (χ0v) is 18.2. The second kappa shape index (κ2) is 7.97. The monoisotopic (exact) mass is 413 g/mol. The third kappa shape index (κ3) is 4.00. The van der Waals surface area contributed by atoms with Gasteiger partial charge in [0.15, 0.2) is 0 Å². The molecule has 2 aliphatic carbocycles. The van der Waals surface area contributed by atoms with E-state index in [1.54, 1.807) is 0 Å². The van der Waals surface area contributed by atoms with Crippen LogP contribution in [-0.4, -0.2) is 51.1 Å². The number of aryl methyl sites for hydroxylation is 1. The van der Waals surface area contributed by atoms with Crippen molar-refractivity contribution in [2.75, 3.05) is 19.6 Å². The summed E-state index contributed by atoms with van der Waals surface area (Å²) in [4.78, 5) is 27.8. The van der Waals surface area contributed by atoms with Crippen LogP contribution < -0.4 is 5.32 Å². The lowest BCUT2D eigenvalue weighted by atomic mass is 9.79. The van der Waals surface area contributed by atoms with Crippen molar-refractivity contribution >= 4 is 11.8 Å². The number of likely N-dealkylation sites (tertiary alicyclic amines) is 1. The number of hydrogen-bond acceptors (Lipinski definition) is 4. The number of amides is 2. The Morgan fingerprint density at radius 1 is 1.03 bits per heavy atom. The largest absolute Gasteiger partial charge is 0.349 e. The molecule has 1 unspecified atom stereocenters. The van der Waals surface area contributed by atoms with Gasteiger partial charge >= 0.3 is 0 Å². The molecule has 5 rings (SSSR count). The maximum Gasteiger partial charge on any atom is 0.289 e. The lowest BCUT2D eigenvalue weighted by Crippen LogP contribution is -2.38. The Morgan fingerprint density at radius 3 is 2.57 bits per heavy atom. The molecule has 2 amide bonds. The molecule has 0 radical (unpaired) electrons. The van der Waals surface area contributed by atoms with E-state index in [1.807, 2.05) is 4.57 Å². The maximum absolute atomic E-state index is 13.1. The summed E-state index contributed by atoms with van der Waals surface area (Å²) in [5, 5.41) is 11.6. The van der Waals surface area contributed by atoms with E-state index in [4.69, 9.17) is 0 Å². The van der Waals surface area contributed by atoms with E-state index in [1.165, 1.54) is 25.7 Å². The molecule has 1 aromatic heterocycles. The Balaban J connectivity index is 1.21. The van der Waals surface area contributed by atoms with Gasteiger partial charge in [0.25, 0.3) is 5.91 Å². The Morgan fingerprint density at radius 2 is 1.80 bits per heavy atom. The highest BCUT2D eigenvalue weighted by atomic mass is 16.2. The van der Waals surface area contributed by atoms with Crippen molar-refractivity contribution in [3.8, 4) is 0 Å². The number of carbonyl (C=O) groups excluding carboxylic acids is 2. The van der Waals surface area contributed by atoms with E-state index in [2.05, 4.69) is 27.3 Å². The lowest BCUT2D eigenvalue weighted by Gasteiger charge is -2.31. The number of fused-ring (bicyclic) bond motifs is 1. The average Bonchev–Trinajstić information content (AvgIpc) is 3.39. The van der Waals surface area contributed by atoms with Crippen LogP contribution in [0, 0.1) is 23.2 Å². The fourth-order valence-corrected chi connectivity index (χ4v) is 5.71. The first-order valence-corrected chi connectivity index (χ1v) is 12.0. The summed E-state index contributed by atoms with van der Waals surface area (Å²) in [6.07, 6.45) is 10.9. The summed E-state index contributed by atoms with van der Waals surface area (Å²) in [5.74, 6) is 3.35. The molecule has 0 bridgehead atoms. The molecule has 1 spiro atoms. The Bertz CT molecular complexity index is 809. The van der Waals surface area contributed by atoms with Crippen LogP contribution in [0.4, 0.5) is 0 Å². The first kappa shape index (κ1) is 20.0. The summed E-state index contributed by atoms with van der Waals surface area (Å²) < 4.78 is 2.03. The van der Waals surface area contributed by atoms with Crippen LogP contribution in [0.25, 0.3) is 0 Å². The van der Waals surface area contributed by atoms with E-state index in [0.29, 0.717) is 17.6 Å². The van der Waals surface area contributed by atoms with Gasteiger partial charge < -0.3 is 14.8 Å². The van der Waals surface area contributed by atoms with Crippen molar-refractivity contribution in [1.29, 1.82) is 0 Å². The van der Waals surface area contributed by atoms with Crippen LogP contribution in [0.1, 0.15) is 81.2 Å². The molecule has 0 aromatic carbocycles. The SMILES string of the molecule is CC1CCC(C(=O)N2CCC3(CCc4nnc(C(=O)NCC5CC5)n4CC3)C2)CC1. The smallest absolute Gasteiger partial charge is 0.289 e. The van der Waals surface area contributed by atoms with E-state index in [9.17, 15) is 9.59 Å². The third-order valence-electron chi connectivity index (χ3n) is 8.14. The molecular formula is C23H35N5O2. The first-order valence-electron chi connectivity index (χ1n) is 12.0. The quantitative estimate of drug-likeness (QED) is 0.823. The second-order valence-corrected chi connectivity index (χ2v) is 10.5. The molecule has 7 heteroatoms. The van der Waals surface area contributed by atoms with Crippen LogP contribution >= 0.6 is 0 Å². The van der Waals surface area contributed by atoms with Gasteiger partial charge in [0.05, 0.1) is 0 Å². The van der Waals surface area contributed by atoms with Gasteiger partial charge in [0.1, 0.15) is 5.82 Å². The predicted octanol–water partition coefficient (Wildman–Crippen LogP) is 2.80. The molecule has 3 heterocycles. The number of aromatic nitrogens is 3. The highest BCUT2D eigenvalue weighted by molar-refractivity contribution is 5.90. The Kier molecular flexibility index (Phi) is 5.31. The van der Waals surface area contributed by atoms with Gasteiger partial charge in [-0.15, -0.1) is 10.2 Å². The highest BCUT2D eigenvalue weighted by Gasteiger charge is 2.43. The average molecular weight is 414 g/mol. The minimum Gasteiger partial charge on any atom is -0.349 e. The zero-order valence-electron chi connectivity index (χ0n) is 18.2. The molecule has 4 aliphatic rings. The summed E-state index contributed by atoms with van der Waals surface area (Å²) in [6.45, 7) is 5.59. The molecule has 3 fully saturated rings. The van der Waals surface area contributed by atoms with E-state index < -0.39 is 0 Å². The molecule has 1 saturated heterocycles. The van der Waals surface area contributed by atoms with Crippen LogP contribution in [0.15, 0.2) is 0 Å². The Hall–Kier alpha value is -1.92. The van der Waals surface area contributed by atoms with Crippen LogP contribution in [0.5, 0.6) is 0 Å². The number of nitrogens with zero attached hydrogens (tertiary/aromatic N) is 4. The summed E-state index contributed by atoms with van der Waals surface area (Å²) in [6, 6.07) is 0. The summed E-state index contributed by atoms with van der Waals surface area (Å²) in [7, 11) is 0. The summed E-state index contributed by atoms with van der Waals surface area (Å²) >= 11 is 0. The van der Waals surface area contributed by atoms with Crippen molar-refractivity contribution < 1.29 is 9.59 Å². The van der Waals surface area contributed by atoms with E-state index in [-0.39, 0.29) is 17.2 Å². The molecular weight excluding hydrogens is 378 g/mol. The second-order valence-electron chi connectivity index (χ2n) is 10.5. The minimum atomic E-state index is -0.0913. The predicted molar refractivity (Wildman–Crippen MR) is 113 cm³/mol. The highest BCUT2D eigenvalue weighted by Crippen LogP contribution is 2.42. The van der Waals surface area contributed by atoms with Gasteiger partial charge in [-0.2, -0.15) is 0 Å². The third-order valence-corrected chi connectivity index (χ3v) is 8.14. The molecule has 2 aliphatic heterocycles. The number of nitrogens with one attached hydrogen (secondary N) is 1. The van der Waals surface area contributed by atoms with Crippen LogP contribution in [-0.2, 0) is 17.8 Å². The number of hydrogen-bond donors (Lipinski definition) is 1. The van der Waals surface area contributed by atoms with Crippen molar-refractivity contribution in [2.45, 2.75) is 77.7 Å². The normalized spacial score (nSPS) is 31.4.